The van der Waals surface area contributed by atoms with Gasteiger partial charge in [0, 0.05) is 31.2 Å². The molecule has 3 aromatic rings. The Morgan fingerprint density at radius 2 is 2.08 bits per heavy atom. The third kappa shape index (κ3) is 3.34. The SMILES string of the molecule is Cn1cc(-c2nccnc2CNC(=O)Cc2ccc3c(c2)OCO3)cn1. The van der Waals surface area contributed by atoms with Crippen molar-refractivity contribution < 1.29 is 14.3 Å². The van der Waals surface area contributed by atoms with Gasteiger partial charge in [-0.15, -0.1) is 0 Å². The van der Waals surface area contributed by atoms with E-state index >= 15 is 0 Å². The minimum atomic E-state index is -0.105. The van der Waals surface area contributed by atoms with E-state index in [-0.39, 0.29) is 19.1 Å². The summed E-state index contributed by atoms with van der Waals surface area (Å²) in [7, 11) is 1.84. The lowest BCUT2D eigenvalue weighted by Gasteiger charge is -2.08. The number of nitrogens with zero attached hydrogens (tertiary/aromatic N) is 4. The predicted octanol–water partition coefficient (Wildman–Crippen LogP) is 1.46. The van der Waals surface area contributed by atoms with Crippen molar-refractivity contribution in [2.75, 3.05) is 6.79 Å². The molecule has 0 fully saturated rings. The second kappa shape index (κ2) is 6.83. The number of hydrogen-bond donors (Lipinski definition) is 1. The van der Waals surface area contributed by atoms with Gasteiger partial charge in [0.15, 0.2) is 11.5 Å². The molecular weight excluding hydrogens is 334 g/mol. The third-order valence-electron chi connectivity index (χ3n) is 4.01. The molecule has 0 bridgehead atoms. The number of carbonyl (C=O) groups is 1. The number of carbonyl (C=O) groups excluding carboxylic acids is 1. The molecule has 0 aliphatic carbocycles. The van der Waals surface area contributed by atoms with Crippen LogP contribution in [0, 0.1) is 0 Å². The number of hydrogen-bond acceptors (Lipinski definition) is 6. The first-order valence-corrected chi connectivity index (χ1v) is 8.13. The van der Waals surface area contributed by atoms with Gasteiger partial charge >= 0.3 is 0 Å². The summed E-state index contributed by atoms with van der Waals surface area (Å²) in [4.78, 5) is 21.0. The molecule has 0 atom stereocenters. The Labute approximate surface area is 149 Å². The number of fused-ring (bicyclic) bond motifs is 1. The number of amides is 1. The second-order valence-electron chi connectivity index (χ2n) is 5.90. The number of aryl methyl sites for hydroxylation is 1. The highest BCUT2D eigenvalue weighted by Crippen LogP contribution is 2.32. The van der Waals surface area contributed by atoms with Crippen molar-refractivity contribution in [3.05, 3.63) is 54.2 Å². The first kappa shape index (κ1) is 16.1. The van der Waals surface area contributed by atoms with Gasteiger partial charge in [-0.3, -0.25) is 19.4 Å². The summed E-state index contributed by atoms with van der Waals surface area (Å²) in [6, 6.07) is 5.50. The van der Waals surface area contributed by atoms with Gasteiger partial charge in [0.25, 0.3) is 0 Å². The fraction of sp³-hybridized carbons (Fsp3) is 0.222. The Morgan fingerprint density at radius 1 is 1.23 bits per heavy atom. The van der Waals surface area contributed by atoms with Crippen molar-refractivity contribution in [1.82, 2.24) is 25.1 Å². The molecule has 0 saturated heterocycles. The lowest BCUT2D eigenvalue weighted by atomic mass is 10.1. The monoisotopic (exact) mass is 351 g/mol. The van der Waals surface area contributed by atoms with Crippen LogP contribution in [0.4, 0.5) is 0 Å². The van der Waals surface area contributed by atoms with E-state index < -0.39 is 0 Å². The Morgan fingerprint density at radius 3 is 2.92 bits per heavy atom. The summed E-state index contributed by atoms with van der Waals surface area (Å²) in [6.07, 6.45) is 7.07. The van der Waals surface area contributed by atoms with Crippen molar-refractivity contribution in [2.24, 2.45) is 7.05 Å². The first-order chi connectivity index (χ1) is 12.7. The quantitative estimate of drug-likeness (QED) is 0.748. The summed E-state index contributed by atoms with van der Waals surface area (Å²) in [5.41, 5.74) is 3.13. The second-order valence-corrected chi connectivity index (χ2v) is 5.90. The molecule has 8 nitrogen and oxygen atoms in total. The van der Waals surface area contributed by atoms with Crippen LogP contribution in [-0.2, 0) is 24.8 Å². The molecule has 0 spiro atoms. The number of benzene rings is 1. The molecule has 3 heterocycles. The molecule has 4 rings (SSSR count). The van der Waals surface area contributed by atoms with E-state index in [2.05, 4.69) is 20.4 Å². The van der Waals surface area contributed by atoms with Crippen molar-refractivity contribution in [3.63, 3.8) is 0 Å². The molecule has 0 radical (unpaired) electrons. The fourth-order valence-corrected chi connectivity index (χ4v) is 2.76. The van der Waals surface area contributed by atoms with E-state index in [0.29, 0.717) is 29.4 Å². The number of rotatable bonds is 5. The van der Waals surface area contributed by atoms with E-state index in [0.717, 1.165) is 11.1 Å². The molecule has 26 heavy (non-hydrogen) atoms. The number of ether oxygens (including phenoxy) is 2. The average molecular weight is 351 g/mol. The van der Waals surface area contributed by atoms with E-state index in [4.69, 9.17) is 9.47 Å². The standard InChI is InChI=1S/C18H17N5O3/c1-23-10-13(8-22-23)18-14(19-4-5-20-18)9-21-17(24)7-12-2-3-15-16(6-12)26-11-25-15/h2-6,8,10H,7,9,11H2,1H3,(H,21,24). The lowest BCUT2D eigenvalue weighted by Crippen LogP contribution is -2.25. The van der Waals surface area contributed by atoms with Crippen molar-refractivity contribution in [1.29, 1.82) is 0 Å². The Kier molecular flexibility index (Phi) is 4.22. The molecule has 2 aromatic heterocycles. The summed E-state index contributed by atoms with van der Waals surface area (Å²) in [5, 5.41) is 7.04. The molecule has 1 aliphatic rings. The van der Waals surface area contributed by atoms with Crippen LogP contribution in [0.2, 0.25) is 0 Å². The summed E-state index contributed by atoms with van der Waals surface area (Å²) < 4.78 is 12.3. The maximum absolute atomic E-state index is 12.3. The molecule has 1 amide bonds. The van der Waals surface area contributed by atoms with Gasteiger partial charge in [-0.05, 0) is 17.7 Å². The number of aromatic nitrogens is 4. The van der Waals surface area contributed by atoms with Crippen LogP contribution in [0.3, 0.4) is 0 Å². The minimum absolute atomic E-state index is 0.105. The van der Waals surface area contributed by atoms with Crippen LogP contribution < -0.4 is 14.8 Å². The van der Waals surface area contributed by atoms with Crippen LogP contribution in [0.15, 0.2) is 43.0 Å². The molecule has 1 N–H and O–H groups in total. The maximum Gasteiger partial charge on any atom is 0.231 e. The molecular formula is C18H17N5O3. The van der Waals surface area contributed by atoms with Gasteiger partial charge in [0.2, 0.25) is 12.7 Å². The summed E-state index contributed by atoms with van der Waals surface area (Å²) in [5.74, 6) is 1.27. The van der Waals surface area contributed by atoms with Gasteiger partial charge in [-0.25, -0.2) is 0 Å². The molecule has 0 unspecified atom stereocenters. The Hall–Kier alpha value is -3.42. The van der Waals surface area contributed by atoms with E-state index in [1.165, 1.54) is 0 Å². The van der Waals surface area contributed by atoms with E-state index in [1.54, 1.807) is 23.3 Å². The van der Waals surface area contributed by atoms with Gasteiger partial charge in [0.05, 0.1) is 30.6 Å². The number of nitrogens with one attached hydrogen (secondary N) is 1. The zero-order valence-corrected chi connectivity index (χ0v) is 14.2. The summed E-state index contributed by atoms with van der Waals surface area (Å²) in [6.45, 7) is 0.510. The zero-order chi connectivity index (χ0) is 17.9. The Balaban J connectivity index is 1.42. The van der Waals surface area contributed by atoms with Crippen LogP contribution >= 0.6 is 0 Å². The van der Waals surface area contributed by atoms with Crippen LogP contribution in [0.1, 0.15) is 11.3 Å². The normalized spacial score (nSPS) is 12.2. The molecule has 1 aliphatic heterocycles. The van der Waals surface area contributed by atoms with Gasteiger partial charge in [-0.1, -0.05) is 6.07 Å². The maximum atomic E-state index is 12.3. The van der Waals surface area contributed by atoms with Crippen LogP contribution in [0.25, 0.3) is 11.3 Å². The molecule has 8 heteroatoms. The van der Waals surface area contributed by atoms with Gasteiger partial charge in [0.1, 0.15) is 0 Å². The molecule has 1 aromatic carbocycles. The van der Waals surface area contributed by atoms with Crippen molar-refractivity contribution >= 4 is 5.91 Å². The molecule has 132 valence electrons. The van der Waals surface area contributed by atoms with Crippen molar-refractivity contribution in [3.8, 4) is 22.8 Å². The third-order valence-corrected chi connectivity index (χ3v) is 4.01. The van der Waals surface area contributed by atoms with Crippen molar-refractivity contribution in [2.45, 2.75) is 13.0 Å². The van der Waals surface area contributed by atoms with Gasteiger partial charge < -0.3 is 14.8 Å². The first-order valence-electron chi connectivity index (χ1n) is 8.13. The summed E-state index contributed by atoms with van der Waals surface area (Å²) >= 11 is 0. The smallest absolute Gasteiger partial charge is 0.231 e. The van der Waals surface area contributed by atoms with Gasteiger partial charge in [-0.2, -0.15) is 5.10 Å². The van der Waals surface area contributed by atoms with E-state index in [1.807, 2.05) is 31.4 Å². The average Bonchev–Trinajstić information content (AvgIpc) is 3.28. The lowest BCUT2D eigenvalue weighted by molar-refractivity contribution is -0.120. The largest absolute Gasteiger partial charge is 0.454 e. The highest BCUT2D eigenvalue weighted by Gasteiger charge is 2.15. The highest BCUT2D eigenvalue weighted by atomic mass is 16.7. The molecule has 0 saturated carbocycles. The fourth-order valence-electron chi connectivity index (χ4n) is 2.76. The van der Waals surface area contributed by atoms with Crippen LogP contribution in [0.5, 0.6) is 11.5 Å². The van der Waals surface area contributed by atoms with E-state index in [9.17, 15) is 4.79 Å². The van der Waals surface area contributed by atoms with Crippen LogP contribution in [-0.4, -0.2) is 32.4 Å². The predicted molar refractivity (Wildman–Crippen MR) is 92.3 cm³/mol. The topological polar surface area (TPSA) is 91.2 Å². The highest BCUT2D eigenvalue weighted by molar-refractivity contribution is 5.79. The minimum Gasteiger partial charge on any atom is -0.454 e. The Bertz CT molecular complexity index is 954. The zero-order valence-electron chi connectivity index (χ0n) is 14.2.